The van der Waals surface area contributed by atoms with Gasteiger partial charge in [0.2, 0.25) is 5.95 Å². The summed E-state index contributed by atoms with van der Waals surface area (Å²) in [5, 5.41) is 2.95. The van der Waals surface area contributed by atoms with Crippen LogP contribution in [0.15, 0.2) is 39.8 Å². The third kappa shape index (κ3) is 2.69. The molecule has 0 amide bonds. The lowest BCUT2D eigenvalue weighted by Crippen LogP contribution is -2.31. The van der Waals surface area contributed by atoms with Crippen molar-refractivity contribution in [2.75, 3.05) is 18.5 Å². The molecule has 27 heavy (non-hydrogen) atoms. The van der Waals surface area contributed by atoms with E-state index in [1.165, 1.54) is 6.07 Å². The van der Waals surface area contributed by atoms with Crippen molar-refractivity contribution in [2.24, 2.45) is 10.7 Å². The van der Waals surface area contributed by atoms with E-state index in [1.54, 1.807) is 12.1 Å². The summed E-state index contributed by atoms with van der Waals surface area (Å²) in [5.41, 5.74) is 7.77. The molecular formula is C18H15BrFN5O2. The summed E-state index contributed by atoms with van der Waals surface area (Å²) in [6.07, 6.45) is 0.135. The molecule has 0 saturated carbocycles. The predicted octanol–water partition coefficient (Wildman–Crippen LogP) is 3.39. The zero-order valence-corrected chi connectivity index (χ0v) is 15.7. The smallest absolute Gasteiger partial charge is 0.212 e. The molecule has 0 radical (unpaired) electrons. The predicted molar refractivity (Wildman–Crippen MR) is 103 cm³/mol. The van der Waals surface area contributed by atoms with Gasteiger partial charge in [0, 0.05) is 28.6 Å². The molecule has 0 unspecified atom stereocenters. The van der Waals surface area contributed by atoms with Gasteiger partial charge in [0.15, 0.2) is 23.6 Å². The Kier molecular flexibility index (Phi) is 3.71. The summed E-state index contributed by atoms with van der Waals surface area (Å²) >= 11 is 3.28. The number of hydrogen-bond acceptors (Lipinski definition) is 6. The Morgan fingerprint density at radius 2 is 1.96 bits per heavy atom. The number of hydrogen-bond donors (Lipinski definition) is 2. The van der Waals surface area contributed by atoms with Gasteiger partial charge in [-0.25, -0.2) is 14.4 Å². The van der Waals surface area contributed by atoms with E-state index in [-0.39, 0.29) is 11.8 Å². The van der Waals surface area contributed by atoms with E-state index in [0.29, 0.717) is 46.2 Å². The first kappa shape index (κ1) is 16.4. The van der Waals surface area contributed by atoms with E-state index in [0.717, 1.165) is 11.9 Å². The van der Waals surface area contributed by atoms with Gasteiger partial charge in [-0.05, 0) is 12.1 Å². The number of guanidine groups is 1. The molecule has 0 saturated heterocycles. The highest BCUT2D eigenvalue weighted by Crippen LogP contribution is 2.39. The van der Waals surface area contributed by atoms with Gasteiger partial charge in [-0.3, -0.25) is 9.88 Å². The van der Waals surface area contributed by atoms with E-state index in [9.17, 15) is 4.39 Å². The minimum Gasteiger partial charge on any atom is -0.489 e. The average Bonchev–Trinajstić information content (AvgIpc) is 2.81. The zero-order chi connectivity index (χ0) is 18.5. The first-order valence-corrected chi connectivity index (χ1v) is 9.26. The molecule has 7 nitrogen and oxygen atoms in total. The number of aromatic nitrogens is 2. The van der Waals surface area contributed by atoms with Gasteiger partial charge >= 0.3 is 0 Å². The van der Waals surface area contributed by atoms with Crippen molar-refractivity contribution in [3.05, 3.63) is 46.2 Å². The summed E-state index contributed by atoms with van der Waals surface area (Å²) in [7, 11) is 0. The maximum absolute atomic E-state index is 14.7. The monoisotopic (exact) mass is 431 g/mol. The van der Waals surface area contributed by atoms with Crippen LogP contribution in [0.5, 0.6) is 11.5 Å². The minimum absolute atomic E-state index is 0.180. The largest absolute Gasteiger partial charge is 0.489 e. The maximum Gasteiger partial charge on any atom is 0.212 e. The Bertz CT molecular complexity index is 1100. The first-order chi connectivity index (χ1) is 13.1. The van der Waals surface area contributed by atoms with Crippen molar-refractivity contribution in [1.82, 2.24) is 9.55 Å². The quantitative estimate of drug-likeness (QED) is 0.616. The third-order valence-electron chi connectivity index (χ3n) is 4.55. The number of benzene rings is 2. The lowest BCUT2D eigenvalue weighted by atomic mass is 10.1. The SMILES string of the molecule is NC1=N[C@H](c2ccc(Br)cc2F)n2c(nc3cc4c(cc32)OCCCO4)N1. The average molecular weight is 432 g/mol. The molecule has 2 aliphatic rings. The van der Waals surface area contributed by atoms with E-state index in [1.807, 2.05) is 16.7 Å². The number of nitrogens with one attached hydrogen (secondary N) is 1. The number of nitrogens with zero attached hydrogens (tertiary/aromatic N) is 3. The number of halogens is 2. The lowest BCUT2D eigenvalue weighted by molar-refractivity contribution is 0.297. The number of rotatable bonds is 1. The standard InChI is InChI=1S/C18H15BrFN5O2/c19-9-2-3-10(11(20)6-9)16-23-17(21)24-18-22-12-7-14-15(8-13(12)25(16)18)27-5-1-4-26-14/h2-3,6-8,16H,1,4-5H2,(H3,21,22,23,24)/t16-/m0/s1. The molecule has 3 aromatic rings. The fraction of sp³-hybridized carbons (Fsp3) is 0.222. The second-order valence-electron chi connectivity index (χ2n) is 6.32. The van der Waals surface area contributed by atoms with Crippen LogP contribution in [0.3, 0.4) is 0 Å². The van der Waals surface area contributed by atoms with Gasteiger partial charge in [0.25, 0.3) is 0 Å². The van der Waals surface area contributed by atoms with Gasteiger partial charge in [0.05, 0.1) is 24.2 Å². The highest BCUT2D eigenvalue weighted by atomic mass is 79.9. The number of nitrogens with two attached hydrogens (primary N) is 1. The normalized spacial score (nSPS) is 18.4. The number of imidazole rings is 1. The Hall–Kier alpha value is -2.81. The molecule has 5 rings (SSSR count). The molecule has 2 aromatic carbocycles. The molecule has 2 aliphatic heterocycles. The van der Waals surface area contributed by atoms with Crippen molar-refractivity contribution >= 4 is 38.9 Å². The van der Waals surface area contributed by atoms with Gasteiger partial charge in [-0.2, -0.15) is 0 Å². The van der Waals surface area contributed by atoms with Crippen LogP contribution in [-0.2, 0) is 0 Å². The second-order valence-corrected chi connectivity index (χ2v) is 7.24. The molecule has 1 atom stereocenters. The van der Waals surface area contributed by atoms with E-state index in [4.69, 9.17) is 15.2 Å². The molecule has 0 bridgehead atoms. The summed E-state index contributed by atoms with van der Waals surface area (Å²) in [4.78, 5) is 9.01. The fourth-order valence-corrected chi connectivity index (χ4v) is 3.68. The summed E-state index contributed by atoms with van der Waals surface area (Å²) in [5.74, 6) is 1.58. The minimum atomic E-state index is -0.677. The van der Waals surface area contributed by atoms with Crippen LogP contribution >= 0.6 is 15.9 Å². The van der Waals surface area contributed by atoms with E-state index >= 15 is 0 Å². The molecule has 0 fully saturated rings. The highest BCUT2D eigenvalue weighted by Gasteiger charge is 2.28. The zero-order valence-electron chi connectivity index (χ0n) is 14.1. The molecule has 3 heterocycles. The number of ether oxygens (including phenoxy) is 2. The Morgan fingerprint density at radius 3 is 2.74 bits per heavy atom. The van der Waals surface area contributed by atoms with Crippen molar-refractivity contribution < 1.29 is 13.9 Å². The topological polar surface area (TPSA) is 86.7 Å². The highest BCUT2D eigenvalue weighted by molar-refractivity contribution is 9.10. The van der Waals surface area contributed by atoms with Gasteiger partial charge in [0.1, 0.15) is 5.82 Å². The van der Waals surface area contributed by atoms with Crippen LogP contribution in [-0.4, -0.2) is 28.7 Å². The van der Waals surface area contributed by atoms with Gasteiger partial charge in [-0.1, -0.05) is 22.0 Å². The lowest BCUT2D eigenvalue weighted by Gasteiger charge is -2.24. The van der Waals surface area contributed by atoms with Crippen LogP contribution in [0.2, 0.25) is 0 Å². The number of aliphatic imine (C=N–C) groups is 1. The van der Waals surface area contributed by atoms with Gasteiger partial charge in [-0.15, -0.1) is 0 Å². The van der Waals surface area contributed by atoms with Crippen LogP contribution in [0.1, 0.15) is 18.2 Å². The maximum atomic E-state index is 14.7. The molecule has 0 spiro atoms. The Balaban J connectivity index is 1.72. The van der Waals surface area contributed by atoms with Gasteiger partial charge < -0.3 is 15.2 Å². The summed E-state index contributed by atoms with van der Waals surface area (Å²) in [6, 6.07) is 8.55. The summed E-state index contributed by atoms with van der Waals surface area (Å²) in [6.45, 7) is 1.17. The molecule has 0 aliphatic carbocycles. The molecule has 138 valence electrons. The van der Waals surface area contributed by atoms with Crippen LogP contribution in [0, 0.1) is 5.82 Å². The molecular weight excluding hydrogens is 417 g/mol. The Morgan fingerprint density at radius 1 is 1.19 bits per heavy atom. The van der Waals surface area contributed by atoms with Crippen LogP contribution in [0.25, 0.3) is 11.0 Å². The molecule has 9 heteroatoms. The van der Waals surface area contributed by atoms with Crippen molar-refractivity contribution in [2.45, 2.75) is 12.6 Å². The van der Waals surface area contributed by atoms with Crippen LogP contribution < -0.4 is 20.5 Å². The van der Waals surface area contributed by atoms with E-state index < -0.39 is 6.17 Å². The number of anilines is 1. The molecule has 1 aromatic heterocycles. The molecule has 3 N–H and O–H groups in total. The van der Waals surface area contributed by atoms with Crippen molar-refractivity contribution in [3.63, 3.8) is 0 Å². The summed E-state index contributed by atoms with van der Waals surface area (Å²) < 4.78 is 28.6. The third-order valence-corrected chi connectivity index (χ3v) is 5.04. The van der Waals surface area contributed by atoms with Crippen molar-refractivity contribution in [3.8, 4) is 11.5 Å². The number of fused-ring (bicyclic) bond motifs is 4. The van der Waals surface area contributed by atoms with E-state index in [2.05, 4.69) is 31.2 Å². The fourth-order valence-electron chi connectivity index (χ4n) is 3.34. The Labute approximate surface area is 162 Å². The van der Waals surface area contributed by atoms with Crippen LogP contribution in [0.4, 0.5) is 10.3 Å². The first-order valence-electron chi connectivity index (χ1n) is 8.47. The van der Waals surface area contributed by atoms with Crippen molar-refractivity contribution in [1.29, 1.82) is 0 Å². The second kappa shape index (κ2) is 6.12.